The number of anilines is 1. The zero-order valence-corrected chi connectivity index (χ0v) is 14.4. The summed E-state index contributed by atoms with van der Waals surface area (Å²) in [5, 5.41) is 16.9. The second kappa shape index (κ2) is 5.71. The summed E-state index contributed by atoms with van der Waals surface area (Å²) in [6.45, 7) is 2.07. The van der Waals surface area contributed by atoms with Crippen molar-refractivity contribution in [3.05, 3.63) is 42.4 Å². The van der Waals surface area contributed by atoms with Gasteiger partial charge in [-0.25, -0.2) is 9.50 Å². The lowest BCUT2D eigenvalue weighted by atomic mass is 9.89. The van der Waals surface area contributed by atoms with Crippen LogP contribution in [0.3, 0.4) is 0 Å². The van der Waals surface area contributed by atoms with E-state index >= 15 is 0 Å². The smallest absolute Gasteiger partial charge is 0.146 e. The molecule has 3 aromatic rings. The van der Waals surface area contributed by atoms with Gasteiger partial charge in [0.15, 0.2) is 0 Å². The van der Waals surface area contributed by atoms with Gasteiger partial charge in [-0.1, -0.05) is 0 Å². The van der Waals surface area contributed by atoms with Gasteiger partial charge in [0, 0.05) is 48.7 Å². The second-order valence-electron chi connectivity index (χ2n) is 6.77. The van der Waals surface area contributed by atoms with Crippen LogP contribution in [-0.4, -0.2) is 46.9 Å². The largest absolute Gasteiger partial charge is 0.494 e. The molecule has 0 spiro atoms. The number of piperidine rings is 1. The minimum atomic E-state index is 0.500. The fourth-order valence-corrected chi connectivity index (χ4v) is 4.04. The molecule has 2 bridgehead atoms. The normalized spacial score (nSPS) is 21.3. The number of fused-ring (bicyclic) bond motifs is 3. The topological polar surface area (TPSA) is 78.5 Å². The molecule has 7 nitrogen and oxygen atoms in total. The van der Waals surface area contributed by atoms with Crippen molar-refractivity contribution in [2.24, 2.45) is 0 Å². The van der Waals surface area contributed by atoms with Gasteiger partial charge in [0.25, 0.3) is 0 Å². The van der Waals surface area contributed by atoms with E-state index in [0.717, 1.165) is 30.0 Å². The molecule has 130 valence electrons. The van der Waals surface area contributed by atoms with Crippen molar-refractivity contribution < 1.29 is 4.74 Å². The van der Waals surface area contributed by atoms with Crippen molar-refractivity contribution >= 4 is 11.3 Å². The lowest BCUT2D eigenvalue weighted by Crippen LogP contribution is -2.68. The Labute approximate surface area is 150 Å². The summed E-state index contributed by atoms with van der Waals surface area (Å²) >= 11 is 0. The number of nitrogens with one attached hydrogen (secondary N) is 1. The van der Waals surface area contributed by atoms with Crippen LogP contribution < -0.4 is 15.0 Å². The first-order chi connectivity index (χ1) is 12.8. The quantitative estimate of drug-likeness (QED) is 0.779. The molecule has 2 fully saturated rings. The molecule has 0 radical (unpaired) electrons. The van der Waals surface area contributed by atoms with Gasteiger partial charge in [0.05, 0.1) is 13.3 Å². The molecule has 2 unspecified atom stereocenters. The molecule has 2 aliphatic rings. The number of pyridine rings is 2. The summed E-state index contributed by atoms with van der Waals surface area (Å²) < 4.78 is 7.17. The summed E-state index contributed by atoms with van der Waals surface area (Å²) in [5.41, 5.74) is 3.13. The maximum atomic E-state index is 9.23. The minimum absolute atomic E-state index is 0.500. The molecule has 2 aliphatic heterocycles. The van der Waals surface area contributed by atoms with E-state index in [0.29, 0.717) is 28.9 Å². The number of hydrogen-bond acceptors (Lipinski definition) is 6. The van der Waals surface area contributed by atoms with Crippen LogP contribution in [0.15, 0.2) is 36.8 Å². The van der Waals surface area contributed by atoms with Crippen molar-refractivity contribution in [3.8, 4) is 22.9 Å². The molecule has 3 aromatic heterocycles. The summed E-state index contributed by atoms with van der Waals surface area (Å²) in [5.74, 6) is 1.67. The van der Waals surface area contributed by atoms with Gasteiger partial charge in [0.2, 0.25) is 0 Å². The minimum Gasteiger partial charge on any atom is -0.494 e. The molecule has 26 heavy (non-hydrogen) atoms. The Hall–Kier alpha value is -3.11. The molecular formula is C19H18N6O. The van der Waals surface area contributed by atoms with E-state index in [-0.39, 0.29) is 0 Å². The Kier molecular flexibility index (Phi) is 3.33. The highest BCUT2D eigenvalue weighted by Gasteiger charge is 2.41. The van der Waals surface area contributed by atoms with Crippen LogP contribution in [0.25, 0.3) is 16.6 Å². The third-order valence-corrected chi connectivity index (χ3v) is 5.35. The number of hydrogen-bond donors (Lipinski definition) is 1. The van der Waals surface area contributed by atoms with Gasteiger partial charge in [-0.15, -0.1) is 0 Å². The SMILES string of the molecule is COc1cc(-c2ccc(N3C4CNCC3C4)nc2)cn2ncc(C#N)c12. The first-order valence-corrected chi connectivity index (χ1v) is 8.69. The molecule has 0 aliphatic carbocycles. The van der Waals surface area contributed by atoms with Gasteiger partial charge in [-0.2, -0.15) is 10.4 Å². The molecule has 5 heterocycles. The summed E-state index contributed by atoms with van der Waals surface area (Å²) in [6, 6.07) is 9.38. The van der Waals surface area contributed by atoms with Crippen LogP contribution in [0.2, 0.25) is 0 Å². The first kappa shape index (κ1) is 15.2. The predicted molar refractivity (Wildman–Crippen MR) is 97.2 cm³/mol. The van der Waals surface area contributed by atoms with E-state index in [4.69, 9.17) is 9.72 Å². The van der Waals surface area contributed by atoms with Gasteiger partial charge in [-0.05, 0) is 24.6 Å². The van der Waals surface area contributed by atoms with Gasteiger partial charge in [-0.3, -0.25) is 0 Å². The van der Waals surface area contributed by atoms with Crippen LogP contribution >= 0.6 is 0 Å². The maximum absolute atomic E-state index is 9.23. The third kappa shape index (κ3) is 2.16. The number of nitriles is 1. The van der Waals surface area contributed by atoms with Crippen LogP contribution in [0.4, 0.5) is 5.82 Å². The number of ether oxygens (including phenoxy) is 1. The van der Waals surface area contributed by atoms with Crippen molar-refractivity contribution in [2.45, 2.75) is 18.5 Å². The van der Waals surface area contributed by atoms with Crippen LogP contribution in [-0.2, 0) is 0 Å². The van der Waals surface area contributed by atoms with Crippen LogP contribution in [0.1, 0.15) is 12.0 Å². The highest BCUT2D eigenvalue weighted by Crippen LogP contribution is 2.34. The number of nitrogens with zero attached hydrogens (tertiary/aromatic N) is 5. The molecular weight excluding hydrogens is 328 g/mol. The Morgan fingerprint density at radius 3 is 2.73 bits per heavy atom. The molecule has 2 saturated heterocycles. The molecule has 0 aromatic carbocycles. The highest BCUT2D eigenvalue weighted by atomic mass is 16.5. The second-order valence-corrected chi connectivity index (χ2v) is 6.77. The molecule has 7 heteroatoms. The van der Waals surface area contributed by atoms with E-state index in [9.17, 15) is 5.26 Å². The fraction of sp³-hybridized carbons (Fsp3) is 0.316. The zero-order chi connectivity index (χ0) is 17.7. The summed E-state index contributed by atoms with van der Waals surface area (Å²) in [4.78, 5) is 7.11. The number of aromatic nitrogens is 3. The average molecular weight is 346 g/mol. The predicted octanol–water partition coefficient (Wildman–Crippen LogP) is 1.83. The lowest BCUT2D eigenvalue weighted by molar-refractivity contribution is 0.260. The number of methoxy groups -OCH3 is 1. The van der Waals surface area contributed by atoms with E-state index in [1.54, 1.807) is 17.8 Å². The summed E-state index contributed by atoms with van der Waals surface area (Å²) in [7, 11) is 1.60. The monoisotopic (exact) mass is 346 g/mol. The summed E-state index contributed by atoms with van der Waals surface area (Å²) in [6.07, 6.45) is 6.61. The van der Waals surface area contributed by atoms with Crippen molar-refractivity contribution in [2.75, 3.05) is 25.1 Å². The molecule has 2 atom stereocenters. The lowest BCUT2D eigenvalue weighted by Gasteiger charge is -2.53. The molecule has 0 saturated carbocycles. The Morgan fingerprint density at radius 1 is 1.23 bits per heavy atom. The number of rotatable bonds is 3. The van der Waals surface area contributed by atoms with Gasteiger partial charge < -0.3 is 15.0 Å². The van der Waals surface area contributed by atoms with Crippen molar-refractivity contribution in [1.29, 1.82) is 5.26 Å². The molecule has 0 amide bonds. The maximum Gasteiger partial charge on any atom is 0.146 e. The molecule has 1 N–H and O–H groups in total. The van der Waals surface area contributed by atoms with Gasteiger partial charge in [0.1, 0.15) is 28.7 Å². The van der Waals surface area contributed by atoms with Gasteiger partial charge >= 0.3 is 0 Å². The molecule has 5 rings (SSSR count). The standard InChI is InChI=1S/C19H18N6O/c1-26-17-4-13(11-24-19(17)14(6-20)8-23-24)12-2-3-18(22-7-12)25-15-5-16(25)10-21-9-15/h2-4,7-8,11,15-16,21H,5,9-10H2,1H3. The van der Waals surface area contributed by atoms with Crippen molar-refractivity contribution in [3.63, 3.8) is 0 Å². The van der Waals surface area contributed by atoms with Crippen LogP contribution in [0.5, 0.6) is 5.75 Å². The Bertz CT molecular complexity index is 1000. The highest BCUT2D eigenvalue weighted by molar-refractivity contribution is 5.75. The first-order valence-electron chi connectivity index (χ1n) is 8.69. The van der Waals surface area contributed by atoms with E-state index in [2.05, 4.69) is 33.5 Å². The number of piperazine rings is 1. The fourth-order valence-electron chi connectivity index (χ4n) is 4.04. The van der Waals surface area contributed by atoms with E-state index in [1.165, 1.54) is 6.42 Å². The van der Waals surface area contributed by atoms with E-state index in [1.807, 2.05) is 18.5 Å². The Morgan fingerprint density at radius 2 is 2.08 bits per heavy atom. The van der Waals surface area contributed by atoms with Crippen LogP contribution in [0, 0.1) is 11.3 Å². The zero-order valence-electron chi connectivity index (χ0n) is 14.4. The average Bonchev–Trinajstić information content (AvgIpc) is 3.11. The Balaban J connectivity index is 1.51. The third-order valence-electron chi connectivity index (χ3n) is 5.35. The van der Waals surface area contributed by atoms with Crippen molar-refractivity contribution in [1.82, 2.24) is 19.9 Å². The van der Waals surface area contributed by atoms with E-state index < -0.39 is 0 Å².